The Kier molecular flexibility index (Phi) is 8.40. The van der Waals surface area contributed by atoms with Crippen LogP contribution in [0.3, 0.4) is 0 Å². The number of carbonyl (C=O) groups is 3. The van der Waals surface area contributed by atoms with Gasteiger partial charge in [0.1, 0.15) is 11.8 Å². The van der Waals surface area contributed by atoms with Crippen LogP contribution in [-0.4, -0.2) is 59.9 Å². The van der Waals surface area contributed by atoms with Crippen molar-refractivity contribution < 1.29 is 19.1 Å². The fraction of sp³-hybridized carbons (Fsp3) is 0.464. The molecule has 186 valence electrons. The van der Waals surface area contributed by atoms with Crippen LogP contribution in [-0.2, 0) is 4.79 Å². The Hall–Kier alpha value is -3.35. The van der Waals surface area contributed by atoms with Gasteiger partial charge in [0.05, 0.1) is 12.7 Å². The highest BCUT2D eigenvalue weighted by Crippen LogP contribution is 2.34. The molecule has 1 aliphatic carbocycles. The number of nitrogens with zero attached hydrogens (tertiary/aromatic N) is 2. The third kappa shape index (κ3) is 5.84. The standard InChI is InChI=1S/C22H29N3O4.C6H6/c1-29-19-8-3-2-6-17(19)20(26)23-14-15-9-11-16(12-10-15)25-21(27)18-7-4-5-13-24(18)22(25)28;1-2-4-6-5-3-1/h2-3,6,8,15-16,18H,4-5,7,9-14H2,1H3,(H,23,26);1-6H. The number of piperidine rings is 1. The maximum atomic E-state index is 12.8. The summed E-state index contributed by atoms with van der Waals surface area (Å²) in [5.74, 6) is 0.797. The molecular formula is C28H35N3O4. The number of ether oxygens (including phenoxy) is 1. The number of hydrogen-bond acceptors (Lipinski definition) is 4. The average Bonchev–Trinajstić information content (AvgIpc) is 3.18. The number of nitrogens with one attached hydrogen (secondary N) is 1. The van der Waals surface area contributed by atoms with Gasteiger partial charge in [0.25, 0.3) is 11.8 Å². The zero-order chi connectivity index (χ0) is 24.6. The Morgan fingerprint density at radius 1 is 0.914 bits per heavy atom. The number of methoxy groups -OCH3 is 1. The normalized spacial score (nSPS) is 23.7. The van der Waals surface area contributed by atoms with Crippen molar-refractivity contribution in [3.8, 4) is 5.75 Å². The summed E-state index contributed by atoms with van der Waals surface area (Å²) < 4.78 is 5.26. The van der Waals surface area contributed by atoms with Crippen molar-refractivity contribution in [1.82, 2.24) is 15.1 Å². The average molecular weight is 478 g/mol. The SMILES string of the molecule is COc1ccccc1C(=O)NCC1CCC(N2C(=O)C3CCCCN3C2=O)CC1.c1ccccc1. The summed E-state index contributed by atoms with van der Waals surface area (Å²) in [5.41, 5.74) is 0.536. The monoisotopic (exact) mass is 477 g/mol. The lowest BCUT2D eigenvalue weighted by atomic mass is 9.85. The summed E-state index contributed by atoms with van der Waals surface area (Å²) in [5, 5.41) is 3.01. The maximum absolute atomic E-state index is 12.8. The Bertz CT molecular complexity index is 954. The van der Waals surface area contributed by atoms with E-state index >= 15 is 0 Å². The van der Waals surface area contributed by atoms with E-state index in [4.69, 9.17) is 4.74 Å². The van der Waals surface area contributed by atoms with E-state index in [0.717, 1.165) is 44.9 Å². The summed E-state index contributed by atoms with van der Waals surface area (Å²) in [6.07, 6.45) is 6.23. The quantitative estimate of drug-likeness (QED) is 0.644. The third-order valence-corrected chi connectivity index (χ3v) is 7.23. The number of imide groups is 1. The number of amides is 4. The molecule has 2 heterocycles. The van der Waals surface area contributed by atoms with Crippen molar-refractivity contribution in [3.05, 3.63) is 66.2 Å². The Morgan fingerprint density at radius 3 is 2.20 bits per heavy atom. The van der Waals surface area contributed by atoms with Gasteiger partial charge in [0.2, 0.25) is 0 Å². The molecule has 2 aromatic rings. The molecule has 5 rings (SSSR count). The first kappa shape index (κ1) is 24.8. The van der Waals surface area contributed by atoms with Crippen LogP contribution in [0.1, 0.15) is 55.3 Å². The molecule has 2 saturated heterocycles. The number of benzene rings is 2. The Morgan fingerprint density at radius 2 is 1.57 bits per heavy atom. The summed E-state index contributed by atoms with van der Waals surface area (Å²) in [4.78, 5) is 41.3. The molecule has 0 bridgehead atoms. The molecule has 4 amide bonds. The van der Waals surface area contributed by atoms with E-state index < -0.39 is 0 Å². The van der Waals surface area contributed by atoms with Crippen molar-refractivity contribution in [1.29, 1.82) is 0 Å². The molecule has 1 saturated carbocycles. The first-order valence-electron chi connectivity index (χ1n) is 12.6. The molecule has 2 aliphatic heterocycles. The number of hydrogen-bond donors (Lipinski definition) is 1. The largest absolute Gasteiger partial charge is 0.496 e. The summed E-state index contributed by atoms with van der Waals surface area (Å²) in [6.45, 7) is 1.30. The molecule has 35 heavy (non-hydrogen) atoms. The molecular weight excluding hydrogens is 442 g/mol. The zero-order valence-electron chi connectivity index (χ0n) is 20.4. The van der Waals surface area contributed by atoms with Gasteiger partial charge in [0, 0.05) is 19.1 Å². The predicted molar refractivity (Wildman–Crippen MR) is 134 cm³/mol. The highest BCUT2D eigenvalue weighted by molar-refractivity contribution is 6.04. The number of para-hydroxylation sites is 1. The van der Waals surface area contributed by atoms with Gasteiger partial charge >= 0.3 is 6.03 Å². The first-order chi connectivity index (χ1) is 17.1. The van der Waals surface area contributed by atoms with Gasteiger partial charge in [-0.05, 0) is 63.0 Å². The fourth-order valence-electron chi connectivity index (χ4n) is 5.30. The summed E-state index contributed by atoms with van der Waals surface area (Å²) in [6, 6.07) is 18.9. The summed E-state index contributed by atoms with van der Waals surface area (Å²) >= 11 is 0. The highest BCUT2D eigenvalue weighted by atomic mass is 16.5. The molecule has 0 aromatic heterocycles. The van der Waals surface area contributed by atoms with Crippen LogP contribution in [0.5, 0.6) is 5.75 Å². The van der Waals surface area contributed by atoms with Gasteiger partial charge in [-0.3, -0.25) is 14.5 Å². The van der Waals surface area contributed by atoms with E-state index in [2.05, 4.69) is 5.32 Å². The van der Waals surface area contributed by atoms with Crippen LogP contribution in [0, 0.1) is 5.92 Å². The number of carbonyl (C=O) groups excluding carboxylic acids is 3. The number of rotatable bonds is 5. The third-order valence-electron chi connectivity index (χ3n) is 7.23. The molecule has 7 nitrogen and oxygen atoms in total. The van der Waals surface area contributed by atoms with Crippen LogP contribution >= 0.6 is 0 Å². The van der Waals surface area contributed by atoms with Crippen LogP contribution in [0.25, 0.3) is 0 Å². The van der Waals surface area contributed by atoms with E-state index in [9.17, 15) is 14.4 Å². The van der Waals surface area contributed by atoms with Crippen LogP contribution in [0.15, 0.2) is 60.7 Å². The Balaban J connectivity index is 0.000000421. The van der Waals surface area contributed by atoms with Gasteiger partial charge in [-0.25, -0.2) is 4.79 Å². The smallest absolute Gasteiger partial charge is 0.327 e. The van der Waals surface area contributed by atoms with E-state index in [1.165, 1.54) is 0 Å². The van der Waals surface area contributed by atoms with Gasteiger partial charge in [-0.15, -0.1) is 0 Å². The van der Waals surface area contributed by atoms with Gasteiger partial charge in [-0.2, -0.15) is 0 Å². The van der Waals surface area contributed by atoms with Gasteiger partial charge in [0.15, 0.2) is 0 Å². The predicted octanol–water partition coefficient (Wildman–Crippen LogP) is 4.49. The lowest BCUT2D eigenvalue weighted by molar-refractivity contribution is -0.130. The molecule has 3 aliphatic rings. The van der Waals surface area contributed by atoms with Crippen molar-refractivity contribution in [2.75, 3.05) is 20.2 Å². The molecule has 1 atom stereocenters. The van der Waals surface area contributed by atoms with E-state index in [-0.39, 0.29) is 29.9 Å². The lowest BCUT2D eigenvalue weighted by Crippen LogP contribution is -2.44. The van der Waals surface area contributed by atoms with Crippen LogP contribution < -0.4 is 10.1 Å². The molecule has 2 aromatic carbocycles. The van der Waals surface area contributed by atoms with Crippen molar-refractivity contribution in [3.63, 3.8) is 0 Å². The minimum Gasteiger partial charge on any atom is -0.496 e. The molecule has 3 fully saturated rings. The lowest BCUT2D eigenvalue weighted by Gasteiger charge is -2.33. The van der Waals surface area contributed by atoms with Crippen molar-refractivity contribution >= 4 is 17.8 Å². The van der Waals surface area contributed by atoms with Crippen LogP contribution in [0.4, 0.5) is 4.79 Å². The molecule has 7 heteroatoms. The van der Waals surface area contributed by atoms with E-state index in [0.29, 0.717) is 30.3 Å². The minimum atomic E-state index is -0.228. The van der Waals surface area contributed by atoms with E-state index in [1.54, 1.807) is 29.0 Å². The zero-order valence-corrected chi connectivity index (χ0v) is 20.4. The number of urea groups is 1. The second-order valence-electron chi connectivity index (χ2n) is 9.44. The van der Waals surface area contributed by atoms with Gasteiger partial charge < -0.3 is 15.0 Å². The topological polar surface area (TPSA) is 79.0 Å². The highest BCUT2D eigenvalue weighted by Gasteiger charge is 2.48. The second-order valence-corrected chi connectivity index (χ2v) is 9.44. The van der Waals surface area contributed by atoms with E-state index in [1.807, 2.05) is 48.5 Å². The molecule has 0 radical (unpaired) electrons. The summed E-state index contributed by atoms with van der Waals surface area (Å²) in [7, 11) is 1.56. The minimum absolute atomic E-state index is 0.00164. The molecule has 1 N–H and O–H groups in total. The Labute approximate surface area is 207 Å². The maximum Gasteiger partial charge on any atom is 0.327 e. The fourth-order valence-corrected chi connectivity index (χ4v) is 5.30. The van der Waals surface area contributed by atoms with Crippen molar-refractivity contribution in [2.45, 2.75) is 57.0 Å². The van der Waals surface area contributed by atoms with Crippen molar-refractivity contribution in [2.24, 2.45) is 5.92 Å². The van der Waals surface area contributed by atoms with Gasteiger partial charge in [-0.1, -0.05) is 48.5 Å². The molecule has 1 unspecified atom stereocenters. The van der Waals surface area contributed by atoms with Crippen LogP contribution in [0.2, 0.25) is 0 Å². The first-order valence-corrected chi connectivity index (χ1v) is 12.6. The molecule has 0 spiro atoms. The number of fused-ring (bicyclic) bond motifs is 1. The second kappa shape index (κ2) is 11.9.